The fourth-order valence-corrected chi connectivity index (χ4v) is 5.29. The Balaban J connectivity index is 1.62. The lowest BCUT2D eigenvalue weighted by atomic mass is 9.93. The molecule has 5 atom stereocenters. The van der Waals surface area contributed by atoms with Crippen molar-refractivity contribution in [1.82, 2.24) is 0 Å². The van der Waals surface area contributed by atoms with Gasteiger partial charge in [0.1, 0.15) is 5.82 Å². The highest BCUT2D eigenvalue weighted by molar-refractivity contribution is 6.31. The van der Waals surface area contributed by atoms with Gasteiger partial charge in [0.2, 0.25) is 0 Å². The molecule has 3 saturated carbocycles. The molecule has 0 aromatic heterocycles. The molecule has 3 heteroatoms. The third-order valence-corrected chi connectivity index (χ3v) is 6.17. The van der Waals surface area contributed by atoms with Crippen molar-refractivity contribution in [3.8, 4) is 0 Å². The van der Waals surface area contributed by atoms with Crippen LogP contribution in [0.25, 0.3) is 0 Å². The zero-order valence-corrected chi connectivity index (χ0v) is 11.8. The van der Waals surface area contributed by atoms with Crippen LogP contribution < -0.4 is 5.73 Å². The lowest BCUT2D eigenvalue weighted by Gasteiger charge is -2.18. The molecular weight excluding hydrogens is 261 g/mol. The largest absolute Gasteiger partial charge is 0.324 e. The Bertz CT molecular complexity index is 528. The highest BCUT2D eigenvalue weighted by Crippen LogP contribution is 2.72. The first-order valence-electron chi connectivity index (χ1n) is 7.29. The summed E-state index contributed by atoms with van der Waals surface area (Å²) in [4.78, 5) is 0. The number of benzene rings is 1. The van der Waals surface area contributed by atoms with Crippen LogP contribution in [0.15, 0.2) is 12.1 Å². The standard InChI is InChI=1S/C16H19ClFN/c1-7-4-10(11(17)6-12(7)18)16(19)15-13-8-2-3-9(5-8)14(13)15/h4,6,8-9,13-16H,2-3,5,19H2,1H3. The first-order valence-corrected chi connectivity index (χ1v) is 7.67. The minimum absolute atomic E-state index is 0.00907. The van der Waals surface area contributed by atoms with E-state index in [9.17, 15) is 4.39 Å². The first-order chi connectivity index (χ1) is 9.08. The number of hydrogen-bond donors (Lipinski definition) is 1. The maximum absolute atomic E-state index is 13.5. The minimum atomic E-state index is -0.239. The van der Waals surface area contributed by atoms with Crippen LogP contribution in [0, 0.1) is 42.3 Å². The van der Waals surface area contributed by atoms with Gasteiger partial charge < -0.3 is 5.73 Å². The molecule has 1 nitrogen and oxygen atoms in total. The second-order valence-corrected chi connectivity index (χ2v) is 7.12. The molecule has 1 aromatic carbocycles. The molecule has 0 saturated heterocycles. The summed E-state index contributed by atoms with van der Waals surface area (Å²) in [7, 11) is 0. The van der Waals surface area contributed by atoms with Gasteiger partial charge in [0.15, 0.2) is 0 Å². The minimum Gasteiger partial charge on any atom is -0.324 e. The van der Waals surface area contributed by atoms with E-state index in [1.165, 1.54) is 25.3 Å². The van der Waals surface area contributed by atoms with Crippen molar-refractivity contribution in [2.75, 3.05) is 0 Å². The highest BCUT2D eigenvalue weighted by atomic mass is 35.5. The van der Waals surface area contributed by atoms with Crippen LogP contribution in [-0.4, -0.2) is 0 Å². The quantitative estimate of drug-likeness (QED) is 0.867. The van der Waals surface area contributed by atoms with Crippen LogP contribution >= 0.6 is 11.6 Å². The summed E-state index contributed by atoms with van der Waals surface area (Å²) in [6.45, 7) is 1.78. The van der Waals surface area contributed by atoms with Gasteiger partial charge in [-0.25, -0.2) is 4.39 Å². The summed E-state index contributed by atoms with van der Waals surface area (Å²) in [6.07, 6.45) is 4.21. The summed E-state index contributed by atoms with van der Waals surface area (Å²) >= 11 is 6.19. The van der Waals surface area contributed by atoms with Gasteiger partial charge in [-0.2, -0.15) is 0 Å². The molecule has 102 valence electrons. The molecule has 0 heterocycles. The SMILES string of the molecule is Cc1cc(C(N)C2C3C4CCC(C4)C32)c(Cl)cc1F. The molecule has 1 aromatic rings. The van der Waals surface area contributed by atoms with E-state index in [0.717, 1.165) is 29.2 Å². The van der Waals surface area contributed by atoms with Crippen LogP contribution in [0.2, 0.25) is 5.02 Å². The number of hydrogen-bond acceptors (Lipinski definition) is 1. The fraction of sp³-hybridized carbons (Fsp3) is 0.625. The van der Waals surface area contributed by atoms with Gasteiger partial charge in [0.05, 0.1) is 0 Å². The van der Waals surface area contributed by atoms with Crippen LogP contribution in [-0.2, 0) is 0 Å². The van der Waals surface area contributed by atoms with Gasteiger partial charge in [-0.15, -0.1) is 0 Å². The van der Waals surface area contributed by atoms with Crippen molar-refractivity contribution in [3.63, 3.8) is 0 Å². The Hall–Kier alpha value is -0.600. The molecule has 4 rings (SSSR count). The Morgan fingerprint density at radius 2 is 1.89 bits per heavy atom. The van der Waals surface area contributed by atoms with E-state index in [2.05, 4.69) is 0 Å². The van der Waals surface area contributed by atoms with Crippen LogP contribution in [0.5, 0.6) is 0 Å². The third-order valence-electron chi connectivity index (χ3n) is 5.85. The summed E-state index contributed by atoms with van der Waals surface area (Å²) in [5.41, 5.74) is 8.04. The third kappa shape index (κ3) is 1.62. The van der Waals surface area contributed by atoms with Crippen LogP contribution in [0.3, 0.4) is 0 Å². The van der Waals surface area contributed by atoms with E-state index in [-0.39, 0.29) is 11.9 Å². The Labute approximate surface area is 118 Å². The van der Waals surface area contributed by atoms with Crippen molar-refractivity contribution in [3.05, 3.63) is 34.1 Å². The predicted octanol–water partition coefficient (Wildman–Crippen LogP) is 4.08. The zero-order valence-electron chi connectivity index (χ0n) is 11.1. The van der Waals surface area contributed by atoms with Gasteiger partial charge in [-0.1, -0.05) is 17.7 Å². The summed E-state index contributed by atoms with van der Waals surface area (Å²) < 4.78 is 13.5. The summed E-state index contributed by atoms with van der Waals surface area (Å²) in [5.74, 6) is 3.83. The number of aryl methyl sites for hydroxylation is 1. The molecule has 0 radical (unpaired) electrons. The van der Waals surface area contributed by atoms with Gasteiger partial charge in [0.25, 0.3) is 0 Å². The van der Waals surface area contributed by atoms with E-state index in [1.54, 1.807) is 6.92 Å². The second kappa shape index (κ2) is 3.95. The Kier molecular flexibility index (Phi) is 2.53. The van der Waals surface area contributed by atoms with Crippen LogP contribution in [0.4, 0.5) is 4.39 Å². The smallest absolute Gasteiger partial charge is 0.127 e. The molecule has 0 amide bonds. The van der Waals surface area contributed by atoms with Gasteiger partial charge in [-0.05, 0) is 73.0 Å². The predicted molar refractivity (Wildman–Crippen MR) is 74.4 cm³/mol. The lowest BCUT2D eigenvalue weighted by molar-refractivity contribution is 0.417. The number of rotatable bonds is 2. The summed E-state index contributed by atoms with van der Waals surface area (Å²) in [5, 5.41) is 0.493. The molecule has 2 N–H and O–H groups in total. The topological polar surface area (TPSA) is 26.0 Å². The van der Waals surface area contributed by atoms with Crippen molar-refractivity contribution in [1.29, 1.82) is 0 Å². The van der Waals surface area contributed by atoms with Gasteiger partial charge >= 0.3 is 0 Å². The van der Waals surface area contributed by atoms with E-state index in [4.69, 9.17) is 17.3 Å². The van der Waals surface area contributed by atoms with Gasteiger partial charge in [0, 0.05) is 11.1 Å². The molecule has 2 bridgehead atoms. The maximum Gasteiger partial charge on any atom is 0.127 e. The van der Waals surface area contributed by atoms with E-state index < -0.39 is 0 Å². The molecule has 3 fully saturated rings. The molecule has 3 aliphatic carbocycles. The lowest BCUT2D eigenvalue weighted by Crippen LogP contribution is -2.18. The Morgan fingerprint density at radius 3 is 2.53 bits per heavy atom. The van der Waals surface area contributed by atoms with E-state index in [1.807, 2.05) is 6.07 Å². The fourth-order valence-electron chi connectivity index (χ4n) is 5.02. The molecule has 0 spiro atoms. The maximum atomic E-state index is 13.5. The number of fused-ring (bicyclic) bond motifs is 5. The first kappa shape index (κ1) is 12.2. The average Bonchev–Trinajstić information content (AvgIpc) is 2.81. The molecular formula is C16H19ClFN. The molecule has 19 heavy (non-hydrogen) atoms. The van der Waals surface area contributed by atoms with Gasteiger partial charge in [-0.3, -0.25) is 0 Å². The summed E-state index contributed by atoms with van der Waals surface area (Å²) in [6, 6.07) is 3.25. The van der Waals surface area contributed by atoms with E-state index in [0.29, 0.717) is 16.5 Å². The second-order valence-electron chi connectivity index (χ2n) is 6.71. The van der Waals surface area contributed by atoms with Crippen molar-refractivity contribution in [2.24, 2.45) is 35.3 Å². The monoisotopic (exact) mass is 279 g/mol. The van der Waals surface area contributed by atoms with Crippen molar-refractivity contribution >= 4 is 11.6 Å². The molecule has 3 aliphatic rings. The molecule has 5 unspecified atom stereocenters. The number of nitrogens with two attached hydrogens (primary N) is 1. The van der Waals surface area contributed by atoms with Crippen LogP contribution in [0.1, 0.15) is 36.4 Å². The molecule has 0 aliphatic heterocycles. The highest BCUT2D eigenvalue weighted by Gasteiger charge is 2.66. The zero-order chi connectivity index (χ0) is 13.3. The van der Waals surface area contributed by atoms with Crippen molar-refractivity contribution in [2.45, 2.75) is 32.2 Å². The van der Waals surface area contributed by atoms with E-state index >= 15 is 0 Å². The average molecular weight is 280 g/mol. The normalized spacial score (nSPS) is 40.3. The Morgan fingerprint density at radius 1 is 1.26 bits per heavy atom. The number of halogens is 2. The van der Waals surface area contributed by atoms with Crippen molar-refractivity contribution < 1.29 is 4.39 Å².